The molecule has 0 bridgehead atoms. The molecule has 0 saturated heterocycles. The van der Waals surface area contributed by atoms with Crippen LogP contribution in [0.25, 0.3) is 32.2 Å². The SMILES string of the molecule is CN(C(=O)Nc1ccc2nc(-c3cccs3)c(-c3cccs3)nc2c1)c1ccccc1. The minimum Gasteiger partial charge on any atom is -0.307 e. The van der Waals surface area contributed by atoms with Crippen LogP contribution in [0, 0.1) is 0 Å². The minimum atomic E-state index is -0.216. The van der Waals surface area contributed by atoms with E-state index in [0.29, 0.717) is 5.69 Å². The Kier molecular flexibility index (Phi) is 5.19. The maximum absolute atomic E-state index is 12.7. The number of thiophene rings is 2. The number of amides is 2. The van der Waals surface area contributed by atoms with Crippen LogP contribution in [0.5, 0.6) is 0 Å². The van der Waals surface area contributed by atoms with Crippen LogP contribution in [0.1, 0.15) is 0 Å². The highest BCUT2D eigenvalue weighted by atomic mass is 32.1. The van der Waals surface area contributed by atoms with E-state index in [0.717, 1.165) is 37.9 Å². The Hall–Kier alpha value is -3.55. The molecule has 3 heterocycles. The van der Waals surface area contributed by atoms with E-state index in [9.17, 15) is 4.79 Å². The predicted octanol–water partition coefficient (Wildman–Crippen LogP) is 6.76. The number of nitrogens with zero attached hydrogens (tertiary/aromatic N) is 3. The van der Waals surface area contributed by atoms with Crippen LogP contribution < -0.4 is 10.2 Å². The average Bonchev–Trinajstić information content (AvgIpc) is 3.52. The standard InChI is InChI=1S/C24H18N4OS2/c1-28(17-7-3-2-4-8-17)24(29)25-16-11-12-18-19(15-16)27-23(21-10-6-14-31-21)22(26-18)20-9-5-13-30-20/h2-15H,1H3,(H,25,29). The smallest absolute Gasteiger partial charge is 0.307 e. The molecule has 5 aromatic rings. The van der Waals surface area contributed by atoms with Crippen molar-refractivity contribution in [2.45, 2.75) is 0 Å². The topological polar surface area (TPSA) is 58.1 Å². The number of hydrogen-bond acceptors (Lipinski definition) is 5. The van der Waals surface area contributed by atoms with Gasteiger partial charge in [0.1, 0.15) is 11.4 Å². The summed E-state index contributed by atoms with van der Waals surface area (Å²) in [6.07, 6.45) is 0. The molecule has 0 unspecified atom stereocenters. The molecule has 0 spiro atoms. The van der Waals surface area contributed by atoms with Gasteiger partial charge >= 0.3 is 6.03 Å². The lowest BCUT2D eigenvalue weighted by molar-refractivity contribution is 0.258. The lowest BCUT2D eigenvalue weighted by atomic mass is 10.2. The van der Waals surface area contributed by atoms with Crippen molar-refractivity contribution in [2.75, 3.05) is 17.3 Å². The fourth-order valence-electron chi connectivity index (χ4n) is 3.28. The first kappa shape index (κ1) is 19.4. The van der Waals surface area contributed by atoms with Crippen LogP contribution in [0.15, 0.2) is 83.6 Å². The molecule has 1 N–H and O–H groups in total. The Morgan fingerprint density at radius 3 is 2.06 bits per heavy atom. The zero-order valence-corrected chi connectivity index (χ0v) is 18.3. The van der Waals surface area contributed by atoms with Crippen molar-refractivity contribution >= 4 is 51.1 Å². The normalized spacial score (nSPS) is 10.9. The third-order valence-corrected chi connectivity index (χ3v) is 6.63. The van der Waals surface area contributed by atoms with Gasteiger partial charge in [-0.1, -0.05) is 30.3 Å². The fourth-order valence-corrected chi connectivity index (χ4v) is 4.71. The minimum absolute atomic E-state index is 0.216. The summed E-state index contributed by atoms with van der Waals surface area (Å²) in [5.41, 5.74) is 4.76. The van der Waals surface area contributed by atoms with E-state index in [2.05, 4.69) is 17.4 Å². The Labute approximate surface area is 187 Å². The number of benzene rings is 2. The number of rotatable bonds is 4. The summed E-state index contributed by atoms with van der Waals surface area (Å²) in [7, 11) is 1.74. The molecule has 0 fully saturated rings. The van der Waals surface area contributed by atoms with E-state index >= 15 is 0 Å². The van der Waals surface area contributed by atoms with Crippen LogP contribution in [0.2, 0.25) is 0 Å². The molecule has 7 heteroatoms. The maximum Gasteiger partial charge on any atom is 0.326 e. The first-order valence-corrected chi connectivity index (χ1v) is 11.4. The molecule has 5 nitrogen and oxygen atoms in total. The van der Waals surface area contributed by atoms with Crippen molar-refractivity contribution in [3.05, 3.63) is 83.6 Å². The van der Waals surface area contributed by atoms with Crippen molar-refractivity contribution in [1.82, 2.24) is 9.97 Å². The van der Waals surface area contributed by atoms with Crippen LogP contribution in [0.3, 0.4) is 0 Å². The Bertz CT molecular complexity index is 1330. The number of urea groups is 1. The van der Waals surface area contributed by atoms with Crippen molar-refractivity contribution < 1.29 is 4.79 Å². The highest BCUT2D eigenvalue weighted by molar-refractivity contribution is 7.14. The molecule has 0 radical (unpaired) electrons. The number of carbonyl (C=O) groups is 1. The predicted molar refractivity (Wildman–Crippen MR) is 130 cm³/mol. The van der Waals surface area contributed by atoms with E-state index in [-0.39, 0.29) is 6.03 Å². The van der Waals surface area contributed by atoms with Crippen LogP contribution in [-0.4, -0.2) is 23.0 Å². The molecule has 0 aliphatic heterocycles. The monoisotopic (exact) mass is 442 g/mol. The quantitative estimate of drug-likeness (QED) is 0.335. The molecule has 0 aliphatic carbocycles. The van der Waals surface area contributed by atoms with Gasteiger partial charge in [-0.05, 0) is 53.2 Å². The van der Waals surface area contributed by atoms with Gasteiger partial charge in [0.05, 0.1) is 20.8 Å². The Balaban J connectivity index is 1.51. The number of para-hydroxylation sites is 1. The number of aromatic nitrogens is 2. The van der Waals surface area contributed by atoms with Crippen molar-refractivity contribution in [1.29, 1.82) is 0 Å². The van der Waals surface area contributed by atoms with Gasteiger partial charge in [0.25, 0.3) is 0 Å². The molecule has 0 atom stereocenters. The number of fused-ring (bicyclic) bond motifs is 1. The van der Waals surface area contributed by atoms with Crippen LogP contribution in [-0.2, 0) is 0 Å². The molecule has 0 aliphatic rings. The highest BCUT2D eigenvalue weighted by Crippen LogP contribution is 2.35. The third-order valence-electron chi connectivity index (χ3n) is 4.87. The van der Waals surface area contributed by atoms with Gasteiger partial charge in [0.2, 0.25) is 0 Å². The first-order valence-electron chi connectivity index (χ1n) is 9.68. The fraction of sp³-hybridized carbons (Fsp3) is 0.0417. The summed E-state index contributed by atoms with van der Waals surface area (Å²) >= 11 is 3.29. The largest absolute Gasteiger partial charge is 0.326 e. The molecular formula is C24H18N4OS2. The first-order chi connectivity index (χ1) is 15.2. The number of anilines is 2. The van der Waals surface area contributed by atoms with Gasteiger partial charge in [-0.25, -0.2) is 14.8 Å². The molecule has 3 aromatic heterocycles. The lowest BCUT2D eigenvalue weighted by Crippen LogP contribution is -2.31. The molecule has 152 valence electrons. The van der Waals surface area contributed by atoms with Gasteiger partial charge in [-0.3, -0.25) is 4.90 Å². The molecule has 0 saturated carbocycles. The van der Waals surface area contributed by atoms with Gasteiger partial charge in [0.15, 0.2) is 0 Å². The van der Waals surface area contributed by atoms with Gasteiger partial charge < -0.3 is 5.32 Å². The van der Waals surface area contributed by atoms with E-state index in [1.165, 1.54) is 0 Å². The lowest BCUT2D eigenvalue weighted by Gasteiger charge is -2.18. The second-order valence-corrected chi connectivity index (χ2v) is 8.80. The number of nitrogens with one attached hydrogen (secondary N) is 1. The van der Waals surface area contributed by atoms with Crippen LogP contribution >= 0.6 is 22.7 Å². The highest BCUT2D eigenvalue weighted by Gasteiger charge is 2.16. The summed E-state index contributed by atoms with van der Waals surface area (Å²) in [5.74, 6) is 0. The van der Waals surface area contributed by atoms with E-state index in [1.54, 1.807) is 34.6 Å². The molecule has 31 heavy (non-hydrogen) atoms. The second-order valence-electron chi connectivity index (χ2n) is 6.90. The number of hydrogen-bond donors (Lipinski definition) is 1. The van der Waals surface area contributed by atoms with E-state index < -0.39 is 0 Å². The number of carbonyl (C=O) groups excluding carboxylic acids is 1. The summed E-state index contributed by atoms with van der Waals surface area (Å²) in [4.78, 5) is 26.3. The van der Waals surface area contributed by atoms with Crippen molar-refractivity contribution in [2.24, 2.45) is 0 Å². The zero-order valence-electron chi connectivity index (χ0n) is 16.6. The summed E-state index contributed by atoms with van der Waals surface area (Å²) in [6.45, 7) is 0. The van der Waals surface area contributed by atoms with Gasteiger partial charge in [-0.2, -0.15) is 0 Å². The van der Waals surface area contributed by atoms with Gasteiger partial charge in [0, 0.05) is 18.4 Å². The summed E-state index contributed by atoms with van der Waals surface area (Å²) < 4.78 is 0. The van der Waals surface area contributed by atoms with Crippen molar-refractivity contribution in [3.63, 3.8) is 0 Å². The molecule has 5 rings (SSSR count). The summed E-state index contributed by atoms with van der Waals surface area (Å²) in [5, 5.41) is 7.03. The Morgan fingerprint density at radius 1 is 0.806 bits per heavy atom. The van der Waals surface area contributed by atoms with Crippen LogP contribution in [0.4, 0.5) is 16.2 Å². The molecule has 2 amide bonds. The zero-order chi connectivity index (χ0) is 21.2. The van der Waals surface area contributed by atoms with Crippen molar-refractivity contribution in [3.8, 4) is 21.1 Å². The third kappa shape index (κ3) is 3.93. The summed E-state index contributed by atoms with van der Waals surface area (Å²) in [6, 6.07) is 23.1. The average molecular weight is 443 g/mol. The van der Waals surface area contributed by atoms with E-state index in [4.69, 9.17) is 9.97 Å². The van der Waals surface area contributed by atoms with E-state index in [1.807, 2.05) is 71.4 Å². The maximum atomic E-state index is 12.7. The second kappa shape index (κ2) is 8.29. The molecular weight excluding hydrogens is 424 g/mol. The van der Waals surface area contributed by atoms with Gasteiger partial charge in [-0.15, -0.1) is 22.7 Å². The molecule has 2 aromatic carbocycles. The Morgan fingerprint density at radius 2 is 1.45 bits per heavy atom.